The van der Waals surface area contributed by atoms with Crippen LogP contribution in [0.4, 0.5) is 0 Å². The first kappa shape index (κ1) is 114. The van der Waals surface area contributed by atoms with Gasteiger partial charge in [0, 0.05) is 19.3 Å². The summed E-state index contributed by atoms with van der Waals surface area (Å²) in [6, 6.07) is 0. The molecule has 0 aliphatic heterocycles. The monoisotopic (exact) mass is 1700 g/mol. The van der Waals surface area contributed by atoms with Crippen molar-refractivity contribution in [3.63, 3.8) is 0 Å². The summed E-state index contributed by atoms with van der Waals surface area (Å²) in [5.74, 6) is -1.59. The molecule has 0 fully saturated rings. The standard InChI is InChI=1S/C101H170O16P2/c1-4-7-10-13-16-19-22-25-28-31-34-37-40-42-44-46-47-49-51-52-55-57-60-63-66-69-72-75-78-81-84-87-99(104)111-90-96(102)91-113-118(107,108)114-92-97(103)93-115-119(109,110)116-95-98(117-101(106)89-86-83-80-77-74-71-68-65-62-59-54-39-36-33-30-27-24-21-18-15-12-9-6-3)94-112-100(105)88-85-82-79-76-73-70-67-64-61-58-56-53-50-48-45-43-41-38-35-32-29-26-23-20-17-14-11-8-5-2/h7-8,10-11,16-21,25-30,34-39,42-45,50,53,59,62,96-98,102-103H,4-6,9,12-15,22-24,31-33,40-41,46-49,51-52,54-58,60-61,63-95H2,1-3H3,(H,107,108)(H,109,110)/b10-7-,11-8-,19-16-,20-17-,21-18-,28-25-,29-26-,30-27-,37-34-,38-35-,39-36-,44-42-,45-43-,53-50-,62-59-. The summed E-state index contributed by atoms with van der Waals surface area (Å²) < 4.78 is 61.5. The molecule has 0 aromatic heterocycles. The molecular weight excluding hydrogens is 1530 g/mol. The molecule has 0 heterocycles. The minimum absolute atomic E-state index is 0.0863. The largest absolute Gasteiger partial charge is 0.472 e. The van der Waals surface area contributed by atoms with Gasteiger partial charge < -0.3 is 34.2 Å². The molecule has 0 rings (SSSR count). The van der Waals surface area contributed by atoms with Gasteiger partial charge in [-0.1, -0.05) is 383 Å². The first-order chi connectivity index (χ1) is 58.2. The first-order valence-electron chi connectivity index (χ1n) is 47.1. The van der Waals surface area contributed by atoms with Crippen molar-refractivity contribution in [2.24, 2.45) is 0 Å². The maximum Gasteiger partial charge on any atom is 0.472 e. The molecule has 0 amide bonds. The molecule has 4 N–H and O–H groups in total. The lowest BCUT2D eigenvalue weighted by atomic mass is 10.0. The van der Waals surface area contributed by atoms with Crippen LogP contribution in [0.5, 0.6) is 0 Å². The van der Waals surface area contributed by atoms with Crippen LogP contribution < -0.4 is 0 Å². The number of phosphoric acid groups is 2. The number of unbranched alkanes of at least 4 members (excludes halogenated alkanes) is 35. The Hall–Kier alpha value is -5.35. The normalized spacial score (nSPS) is 14.6. The molecule has 119 heavy (non-hydrogen) atoms. The van der Waals surface area contributed by atoms with E-state index < -0.39 is 91.5 Å². The molecule has 0 spiro atoms. The van der Waals surface area contributed by atoms with Crippen LogP contribution in [0, 0.1) is 0 Å². The number of carbonyl (C=O) groups excluding carboxylic acids is 3. The predicted octanol–water partition coefficient (Wildman–Crippen LogP) is 29.2. The number of hydrogen-bond donors (Lipinski definition) is 4. The quantitative estimate of drug-likeness (QED) is 0.0146. The Balaban J connectivity index is 4.63. The van der Waals surface area contributed by atoms with Crippen LogP contribution in [0.3, 0.4) is 0 Å². The van der Waals surface area contributed by atoms with E-state index in [0.29, 0.717) is 19.3 Å². The summed E-state index contributed by atoms with van der Waals surface area (Å²) in [7, 11) is -9.82. The molecule has 18 heteroatoms. The fourth-order valence-corrected chi connectivity index (χ4v) is 14.1. The SMILES string of the molecule is CC/C=C\C/C=C\C/C=C\C/C=C\C/C=C\C/C=C\CCCCCCCCCCCCC(=O)OCC(COP(=O)(O)OCC(O)COP(=O)(O)OCC(O)COC(=O)CCCCCCCCCCCCCCCCC/C=C\C/C=C\C/C=C\C/C=C\C/C=C\CC)OC(=O)CCCCCCCCC/C=C\C/C=C\C/C=C\C/C=C\CCCCC. The Labute approximate surface area is 725 Å². The Morgan fingerprint density at radius 3 is 0.706 bits per heavy atom. The van der Waals surface area contributed by atoms with Gasteiger partial charge in [0.1, 0.15) is 25.4 Å². The number of aliphatic hydroxyl groups excluding tert-OH is 2. The van der Waals surface area contributed by atoms with E-state index in [1.54, 1.807) is 0 Å². The Morgan fingerprint density at radius 1 is 0.244 bits per heavy atom. The van der Waals surface area contributed by atoms with Crippen molar-refractivity contribution in [1.82, 2.24) is 0 Å². The van der Waals surface area contributed by atoms with Crippen LogP contribution in [0.25, 0.3) is 0 Å². The number of ether oxygens (including phenoxy) is 3. The van der Waals surface area contributed by atoms with E-state index in [-0.39, 0.29) is 19.3 Å². The lowest BCUT2D eigenvalue weighted by Crippen LogP contribution is -2.30. The van der Waals surface area contributed by atoms with Crippen LogP contribution in [0.1, 0.15) is 380 Å². The molecule has 0 saturated carbocycles. The number of aliphatic hydroxyl groups is 2. The van der Waals surface area contributed by atoms with Crippen LogP contribution in [0.2, 0.25) is 0 Å². The molecule has 0 saturated heterocycles. The number of allylic oxidation sites excluding steroid dienone is 30. The maximum atomic E-state index is 13.1. The van der Waals surface area contributed by atoms with E-state index >= 15 is 0 Å². The highest BCUT2D eigenvalue weighted by Gasteiger charge is 2.29. The van der Waals surface area contributed by atoms with E-state index in [2.05, 4.69) is 203 Å². The molecule has 0 radical (unpaired) electrons. The smallest absolute Gasteiger partial charge is 0.463 e. The molecule has 5 atom stereocenters. The van der Waals surface area contributed by atoms with Crippen LogP contribution in [-0.2, 0) is 55.8 Å². The van der Waals surface area contributed by atoms with E-state index in [1.807, 2.05) is 0 Å². The van der Waals surface area contributed by atoms with Gasteiger partial charge in [0.05, 0.1) is 26.4 Å². The molecule has 0 aromatic carbocycles. The highest BCUT2D eigenvalue weighted by atomic mass is 31.2. The van der Waals surface area contributed by atoms with Crippen molar-refractivity contribution in [1.29, 1.82) is 0 Å². The third-order valence-electron chi connectivity index (χ3n) is 19.6. The molecule has 5 unspecified atom stereocenters. The third-order valence-corrected chi connectivity index (χ3v) is 21.5. The number of carbonyl (C=O) groups is 3. The number of rotatable bonds is 88. The van der Waals surface area contributed by atoms with Crippen molar-refractivity contribution in [3.8, 4) is 0 Å². The highest BCUT2D eigenvalue weighted by Crippen LogP contribution is 2.45. The van der Waals surface area contributed by atoms with Gasteiger partial charge in [-0.3, -0.25) is 32.5 Å². The van der Waals surface area contributed by atoms with Crippen molar-refractivity contribution < 1.29 is 75.8 Å². The van der Waals surface area contributed by atoms with Crippen LogP contribution in [0.15, 0.2) is 182 Å². The molecule has 0 aliphatic carbocycles. The van der Waals surface area contributed by atoms with E-state index in [4.69, 9.17) is 32.3 Å². The van der Waals surface area contributed by atoms with Crippen molar-refractivity contribution >= 4 is 33.6 Å². The van der Waals surface area contributed by atoms with Crippen molar-refractivity contribution in [2.45, 2.75) is 399 Å². The van der Waals surface area contributed by atoms with Crippen LogP contribution in [-0.4, -0.2) is 95.9 Å². The summed E-state index contributed by atoms with van der Waals surface area (Å²) in [4.78, 5) is 59.1. The second-order valence-corrected chi connectivity index (χ2v) is 34.0. The topological polar surface area (TPSA) is 231 Å². The second-order valence-electron chi connectivity index (χ2n) is 31.0. The van der Waals surface area contributed by atoms with Crippen LogP contribution >= 0.6 is 15.6 Å². The minimum atomic E-state index is -4.95. The summed E-state index contributed by atoms with van der Waals surface area (Å²) in [6.45, 7) is 2.45. The Bertz CT molecular complexity index is 2890. The third kappa shape index (κ3) is 93.2. The molecule has 0 aromatic rings. The van der Waals surface area contributed by atoms with Crippen molar-refractivity contribution in [2.75, 3.05) is 39.6 Å². The number of phosphoric ester groups is 2. The predicted molar refractivity (Wildman–Crippen MR) is 500 cm³/mol. The number of esters is 3. The first-order valence-corrected chi connectivity index (χ1v) is 50.1. The zero-order valence-corrected chi connectivity index (χ0v) is 76.8. The van der Waals surface area contributed by atoms with E-state index in [9.17, 15) is 43.5 Å². The summed E-state index contributed by atoms with van der Waals surface area (Å²) in [5, 5.41) is 20.8. The van der Waals surface area contributed by atoms with Gasteiger partial charge in [-0.2, -0.15) is 0 Å². The highest BCUT2D eigenvalue weighted by molar-refractivity contribution is 7.47. The van der Waals surface area contributed by atoms with Gasteiger partial charge in [0.2, 0.25) is 0 Å². The van der Waals surface area contributed by atoms with Gasteiger partial charge in [0.15, 0.2) is 6.10 Å². The fraction of sp³-hybridized carbons (Fsp3) is 0.673. The van der Waals surface area contributed by atoms with Gasteiger partial charge in [0.25, 0.3) is 0 Å². The average Bonchev–Trinajstić information content (AvgIpc) is 0.903. The van der Waals surface area contributed by atoms with Gasteiger partial charge >= 0.3 is 33.6 Å². The zero-order chi connectivity index (χ0) is 86.5. The van der Waals surface area contributed by atoms with Gasteiger partial charge in [-0.15, -0.1) is 0 Å². The maximum absolute atomic E-state index is 13.1. The average molecular weight is 1700 g/mol. The minimum Gasteiger partial charge on any atom is -0.463 e. The molecule has 16 nitrogen and oxygen atoms in total. The summed E-state index contributed by atoms with van der Waals surface area (Å²) in [6.07, 6.45) is 121. The zero-order valence-electron chi connectivity index (χ0n) is 75.0. The molecule has 0 aliphatic rings. The summed E-state index contributed by atoms with van der Waals surface area (Å²) >= 11 is 0. The molecule has 0 bridgehead atoms. The fourth-order valence-electron chi connectivity index (χ4n) is 12.5. The lowest BCUT2D eigenvalue weighted by molar-refractivity contribution is -0.161. The van der Waals surface area contributed by atoms with Gasteiger partial charge in [-0.25, -0.2) is 9.13 Å². The second kappa shape index (κ2) is 91.8. The number of hydrogen-bond acceptors (Lipinski definition) is 14. The molecule has 680 valence electrons. The van der Waals surface area contributed by atoms with E-state index in [0.717, 1.165) is 186 Å². The van der Waals surface area contributed by atoms with Crippen molar-refractivity contribution in [3.05, 3.63) is 182 Å². The Kier molecular flexibility index (Phi) is 87.7. The Morgan fingerprint density at radius 2 is 0.445 bits per heavy atom. The molecular formula is C101H170O16P2. The van der Waals surface area contributed by atoms with E-state index in [1.165, 1.54) is 135 Å². The summed E-state index contributed by atoms with van der Waals surface area (Å²) in [5.41, 5.74) is 0. The van der Waals surface area contributed by atoms with Gasteiger partial charge in [-0.05, 0) is 161 Å². The lowest BCUT2D eigenvalue weighted by Gasteiger charge is -2.21.